The second-order valence-electron chi connectivity index (χ2n) is 3.63. The molecule has 0 amide bonds. The van der Waals surface area contributed by atoms with Gasteiger partial charge in [-0.25, -0.2) is 0 Å². The van der Waals surface area contributed by atoms with E-state index >= 15 is 0 Å². The van der Waals surface area contributed by atoms with Crippen molar-refractivity contribution in [3.8, 4) is 0 Å². The van der Waals surface area contributed by atoms with Crippen molar-refractivity contribution < 1.29 is 0 Å². The first-order valence-electron chi connectivity index (χ1n) is 4.76. The van der Waals surface area contributed by atoms with E-state index in [2.05, 4.69) is 33.6 Å². The Labute approximate surface area is 87.4 Å². The molecule has 1 aromatic heterocycles. The van der Waals surface area contributed by atoms with Crippen LogP contribution in [0.2, 0.25) is 0 Å². The molecule has 0 spiro atoms. The molecule has 0 atom stereocenters. The molecule has 1 aromatic rings. The summed E-state index contributed by atoms with van der Waals surface area (Å²) in [6.07, 6.45) is 5.12. The molecule has 2 heteroatoms. The van der Waals surface area contributed by atoms with Crippen molar-refractivity contribution in [2.45, 2.75) is 25.7 Å². The van der Waals surface area contributed by atoms with E-state index < -0.39 is 0 Å². The van der Waals surface area contributed by atoms with Gasteiger partial charge in [-0.15, -0.1) is 0 Å². The van der Waals surface area contributed by atoms with Gasteiger partial charge in [0.25, 0.3) is 0 Å². The number of aryl methyl sites for hydroxylation is 2. The lowest BCUT2D eigenvalue weighted by molar-refractivity contribution is 0.677. The molecule has 0 fully saturated rings. The molecule has 2 rings (SSSR count). The van der Waals surface area contributed by atoms with Crippen LogP contribution < -0.4 is 0 Å². The van der Waals surface area contributed by atoms with Gasteiger partial charge in [0.05, 0.1) is 0 Å². The maximum atomic E-state index is 4.01. The third kappa shape index (κ3) is 1.73. The number of fused-ring (bicyclic) bond motifs is 1. The van der Waals surface area contributed by atoms with Gasteiger partial charge in [-0.2, -0.15) is 0 Å². The summed E-state index contributed by atoms with van der Waals surface area (Å²) in [6, 6.07) is 2.26. The second kappa shape index (κ2) is 3.70. The van der Waals surface area contributed by atoms with Gasteiger partial charge in [-0.05, 0) is 42.9 Å². The molecule has 1 nitrogen and oxygen atoms in total. The quantitative estimate of drug-likeness (QED) is 0.763. The Morgan fingerprint density at radius 1 is 1.46 bits per heavy atom. The van der Waals surface area contributed by atoms with Crippen LogP contribution >= 0.6 is 15.9 Å². The zero-order chi connectivity index (χ0) is 9.26. The van der Waals surface area contributed by atoms with Gasteiger partial charge < -0.3 is 4.98 Å². The maximum Gasteiger partial charge on any atom is 0.0420 e. The number of halogens is 1. The van der Waals surface area contributed by atoms with Crippen LogP contribution in [-0.2, 0) is 12.8 Å². The van der Waals surface area contributed by atoms with Crippen LogP contribution in [0.3, 0.4) is 0 Å². The van der Waals surface area contributed by atoms with Crippen LogP contribution in [0.5, 0.6) is 0 Å². The highest BCUT2D eigenvalue weighted by Crippen LogP contribution is 2.24. The standard InChI is InChI=1S/C11H14BrN/c1-8(7-12)11-6-9-4-2-3-5-10(9)13-11/h6,13H,1-5,7H2. The van der Waals surface area contributed by atoms with Gasteiger partial charge >= 0.3 is 0 Å². The fraction of sp³-hybridized carbons (Fsp3) is 0.455. The van der Waals surface area contributed by atoms with Gasteiger partial charge in [0.1, 0.15) is 0 Å². The molecule has 70 valence electrons. The Morgan fingerprint density at radius 2 is 2.23 bits per heavy atom. The minimum Gasteiger partial charge on any atom is -0.358 e. The number of hydrogen-bond donors (Lipinski definition) is 1. The highest BCUT2D eigenvalue weighted by atomic mass is 79.9. The molecule has 0 saturated carbocycles. The van der Waals surface area contributed by atoms with Crippen molar-refractivity contribution in [2.75, 3.05) is 5.33 Å². The van der Waals surface area contributed by atoms with E-state index in [1.807, 2.05) is 0 Å². The summed E-state index contributed by atoms with van der Waals surface area (Å²) in [6.45, 7) is 4.01. The average Bonchev–Trinajstić information content (AvgIpc) is 2.59. The number of H-pyrrole nitrogens is 1. The Kier molecular flexibility index (Phi) is 2.58. The molecular weight excluding hydrogens is 226 g/mol. The molecule has 0 radical (unpaired) electrons. The Hall–Kier alpha value is -0.500. The maximum absolute atomic E-state index is 4.01. The van der Waals surface area contributed by atoms with Gasteiger partial charge in [0.2, 0.25) is 0 Å². The smallest absolute Gasteiger partial charge is 0.0420 e. The second-order valence-corrected chi connectivity index (χ2v) is 4.19. The van der Waals surface area contributed by atoms with Crippen LogP contribution in [0.1, 0.15) is 29.8 Å². The molecule has 0 bridgehead atoms. The molecule has 0 saturated heterocycles. The van der Waals surface area contributed by atoms with Crippen LogP contribution in [-0.4, -0.2) is 10.3 Å². The van der Waals surface area contributed by atoms with Crippen LogP contribution in [0, 0.1) is 0 Å². The first-order chi connectivity index (χ1) is 6.31. The zero-order valence-electron chi connectivity index (χ0n) is 7.70. The minimum atomic E-state index is 0.854. The van der Waals surface area contributed by atoms with E-state index in [1.54, 1.807) is 0 Å². The highest BCUT2D eigenvalue weighted by Gasteiger charge is 2.12. The van der Waals surface area contributed by atoms with Crippen molar-refractivity contribution in [1.82, 2.24) is 4.98 Å². The minimum absolute atomic E-state index is 0.854. The van der Waals surface area contributed by atoms with Gasteiger partial charge in [-0.1, -0.05) is 22.5 Å². The van der Waals surface area contributed by atoms with Crippen LogP contribution in [0.4, 0.5) is 0 Å². The number of alkyl halides is 1. The molecule has 1 N–H and O–H groups in total. The van der Waals surface area contributed by atoms with Crippen molar-refractivity contribution in [3.63, 3.8) is 0 Å². The number of aromatic amines is 1. The van der Waals surface area contributed by atoms with E-state index in [0.29, 0.717) is 0 Å². The summed E-state index contributed by atoms with van der Waals surface area (Å²) in [5.41, 5.74) is 5.30. The third-order valence-electron chi connectivity index (χ3n) is 2.66. The summed E-state index contributed by atoms with van der Waals surface area (Å²) in [7, 11) is 0. The fourth-order valence-corrected chi connectivity index (χ4v) is 2.17. The zero-order valence-corrected chi connectivity index (χ0v) is 9.28. The number of hydrogen-bond acceptors (Lipinski definition) is 0. The lowest BCUT2D eigenvalue weighted by Crippen LogP contribution is -1.99. The van der Waals surface area contributed by atoms with Gasteiger partial charge in [-0.3, -0.25) is 0 Å². The summed E-state index contributed by atoms with van der Waals surface area (Å²) in [4.78, 5) is 3.45. The summed E-state index contributed by atoms with van der Waals surface area (Å²) >= 11 is 3.43. The monoisotopic (exact) mass is 239 g/mol. The number of allylic oxidation sites excluding steroid dienone is 1. The highest BCUT2D eigenvalue weighted by molar-refractivity contribution is 9.09. The Bertz CT molecular complexity index is 301. The third-order valence-corrected chi connectivity index (χ3v) is 3.33. The first kappa shape index (κ1) is 9.07. The van der Waals surface area contributed by atoms with Crippen molar-refractivity contribution >= 4 is 21.5 Å². The molecule has 1 aliphatic carbocycles. The van der Waals surface area contributed by atoms with E-state index in [1.165, 1.54) is 42.6 Å². The van der Waals surface area contributed by atoms with E-state index in [4.69, 9.17) is 0 Å². The van der Waals surface area contributed by atoms with E-state index in [0.717, 1.165) is 10.9 Å². The Morgan fingerprint density at radius 3 is 2.92 bits per heavy atom. The lowest BCUT2D eigenvalue weighted by atomic mass is 9.98. The summed E-state index contributed by atoms with van der Waals surface area (Å²) < 4.78 is 0. The van der Waals surface area contributed by atoms with Crippen LogP contribution in [0.15, 0.2) is 12.6 Å². The fourth-order valence-electron chi connectivity index (χ4n) is 1.87. The van der Waals surface area contributed by atoms with E-state index in [9.17, 15) is 0 Å². The molecule has 0 unspecified atom stereocenters. The average molecular weight is 240 g/mol. The van der Waals surface area contributed by atoms with Crippen molar-refractivity contribution in [3.05, 3.63) is 29.6 Å². The number of nitrogens with one attached hydrogen (secondary N) is 1. The largest absolute Gasteiger partial charge is 0.358 e. The summed E-state index contributed by atoms with van der Waals surface area (Å²) in [5.74, 6) is 0. The lowest BCUT2D eigenvalue weighted by Gasteiger charge is -2.09. The number of aromatic nitrogens is 1. The molecule has 0 aromatic carbocycles. The normalized spacial score (nSPS) is 15.5. The molecular formula is C11H14BrN. The first-order valence-corrected chi connectivity index (χ1v) is 5.88. The van der Waals surface area contributed by atoms with Crippen molar-refractivity contribution in [2.24, 2.45) is 0 Å². The molecule has 13 heavy (non-hydrogen) atoms. The predicted octanol–water partition coefficient (Wildman–Crippen LogP) is 3.30. The summed E-state index contributed by atoms with van der Waals surface area (Å²) in [5, 5.41) is 0.854. The molecule has 1 aliphatic rings. The SMILES string of the molecule is C=C(CBr)c1cc2c([nH]1)CCCC2. The Balaban J connectivity index is 2.30. The topological polar surface area (TPSA) is 15.8 Å². The molecule has 1 heterocycles. The van der Waals surface area contributed by atoms with Gasteiger partial charge in [0, 0.05) is 16.7 Å². The van der Waals surface area contributed by atoms with Gasteiger partial charge in [0.15, 0.2) is 0 Å². The number of rotatable bonds is 2. The van der Waals surface area contributed by atoms with E-state index in [-0.39, 0.29) is 0 Å². The van der Waals surface area contributed by atoms with Crippen molar-refractivity contribution in [1.29, 1.82) is 0 Å². The van der Waals surface area contributed by atoms with Crippen LogP contribution in [0.25, 0.3) is 5.57 Å². The predicted molar refractivity (Wildman–Crippen MR) is 60.3 cm³/mol. The molecule has 0 aliphatic heterocycles.